The summed E-state index contributed by atoms with van der Waals surface area (Å²) >= 11 is 0. The Labute approximate surface area is 214 Å². The predicted molar refractivity (Wildman–Crippen MR) is 138 cm³/mol. The number of rotatable bonds is 6. The van der Waals surface area contributed by atoms with Crippen LogP contribution in [0, 0.1) is 0 Å². The highest BCUT2D eigenvalue weighted by atomic mass is 32.2. The third kappa shape index (κ3) is 4.76. The molecule has 1 heterocycles. The van der Waals surface area contributed by atoms with Gasteiger partial charge < -0.3 is 9.84 Å². The molecule has 0 spiro atoms. The number of carbonyl (C=O) groups is 2. The van der Waals surface area contributed by atoms with Crippen LogP contribution in [0.5, 0.6) is 5.75 Å². The summed E-state index contributed by atoms with van der Waals surface area (Å²) in [7, 11) is -4.05. The van der Waals surface area contributed by atoms with Crippen molar-refractivity contribution in [1.82, 2.24) is 4.31 Å². The molecule has 186 valence electrons. The number of hydrogen-bond acceptors (Lipinski definition) is 5. The monoisotopic (exact) mass is 514 g/mol. The highest BCUT2D eigenvalue weighted by Crippen LogP contribution is 2.37. The lowest BCUT2D eigenvalue weighted by Gasteiger charge is -2.23. The number of amides is 2. The first-order chi connectivity index (χ1) is 17.8. The molecule has 4 aromatic carbocycles. The maximum absolute atomic E-state index is 13.5. The number of para-hydroxylation sites is 1. The summed E-state index contributed by atoms with van der Waals surface area (Å²) in [4.78, 5) is 25.8. The summed E-state index contributed by atoms with van der Waals surface area (Å²) in [6.45, 7) is -0.0362. The van der Waals surface area contributed by atoms with Crippen LogP contribution in [0.2, 0.25) is 0 Å². The normalized spacial score (nSPS) is 15.6. The summed E-state index contributed by atoms with van der Waals surface area (Å²) in [5, 5.41) is 8.75. The molecule has 37 heavy (non-hydrogen) atoms. The van der Waals surface area contributed by atoms with E-state index in [1.807, 2.05) is 30.3 Å². The molecule has 1 saturated heterocycles. The molecule has 1 fully saturated rings. The zero-order chi connectivity index (χ0) is 26.0. The zero-order valence-electron chi connectivity index (χ0n) is 19.5. The van der Waals surface area contributed by atoms with Gasteiger partial charge in [0.25, 0.3) is 10.0 Å². The number of benzene rings is 4. The van der Waals surface area contributed by atoms with Gasteiger partial charge in [-0.15, -0.1) is 0 Å². The third-order valence-electron chi connectivity index (χ3n) is 6.12. The Hall–Kier alpha value is -4.63. The van der Waals surface area contributed by atoms with Gasteiger partial charge in [-0.05, 0) is 53.1 Å². The Bertz CT molecular complexity index is 1520. The molecule has 1 unspecified atom stereocenters. The van der Waals surface area contributed by atoms with Crippen LogP contribution in [0.15, 0.2) is 114 Å². The van der Waals surface area contributed by atoms with Gasteiger partial charge >= 0.3 is 12.2 Å². The van der Waals surface area contributed by atoms with Crippen LogP contribution in [0.25, 0.3) is 11.1 Å². The van der Waals surface area contributed by atoms with Crippen LogP contribution in [-0.2, 0) is 10.0 Å². The van der Waals surface area contributed by atoms with Crippen LogP contribution in [0.4, 0.5) is 15.3 Å². The number of nitrogens with zero attached hydrogens (tertiary/aromatic N) is 2. The van der Waals surface area contributed by atoms with E-state index >= 15 is 0 Å². The van der Waals surface area contributed by atoms with E-state index < -0.39 is 28.3 Å². The Kier molecular flexibility index (Phi) is 6.37. The van der Waals surface area contributed by atoms with E-state index in [0.717, 1.165) is 21.0 Å². The SMILES string of the molecule is O=C(O)Oc1ccc(-c2ccc(C3CN(S(=O)(=O)c4ccccc4)C(=O)N3c3ccccc3)cc2)cc1. The molecule has 0 saturated carbocycles. The minimum Gasteiger partial charge on any atom is -0.449 e. The van der Waals surface area contributed by atoms with Gasteiger partial charge in [-0.1, -0.05) is 72.8 Å². The molecule has 8 nitrogen and oxygen atoms in total. The molecule has 1 atom stereocenters. The minimum absolute atomic E-state index is 0.0362. The topological polar surface area (TPSA) is 104 Å². The molecule has 4 aromatic rings. The van der Waals surface area contributed by atoms with Crippen molar-refractivity contribution in [2.75, 3.05) is 11.4 Å². The average molecular weight is 515 g/mol. The van der Waals surface area contributed by atoms with Gasteiger partial charge in [0.05, 0.1) is 17.5 Å². The van der Waals surface area contributed by atoms with Crippen molar-refractivity contribution in [3.05, 3.63) is 115 Å². The van der Waals surface area contributed by atoms with Gasteiger partial charge in [-0.3, -0.25) is 4.90 Å². The number of sulfonamides is 1. The van der Waals surface area contributed by atoms with E-state index in [-0.39, 0.29) is 17.2 Å². The van der Waals surface area contributed by atoms with Crippen molar-refractivity contribution >= 4 is 27.9 Å². The van der Waals surface area contributed by atoms with Crippen molar-refractivity contribution in [2.24, 2.45) is 0 Å². The van der Waals surface area contributed by atoms with Crippen LogP contribution >= 0.6 is 0 Å². The number of carboxylic acid groups (broad SMARTS) is 1. The van der Waals surface area contributed by atoms with Crippen molar-refractivity contribution in [3.63, 3.8) is 0 Å². The number of anilines is 1. The molecule has 9 heteroatoms. The van der Waals surface area contributed by atoms with Gasteiger partial charge in [0, 0.05) is 5.69 Å². The predicted octanol–water partition coefficient (Wildman–Crippen LogP) is 5.78. The fourth-order valence-electron chi connectivity index (χ4n) is 4.34. The largest absolute Gasteiger partial charge is 0.511 e. The maximum Gasteiger partial charge on any atom is 0.511 e. The van der Waals surface area contributed by atoms with Crippen LogP contribution < -0.4 is 9.64 Å². The maximum atomic E-state index is 13.5. The van der Waals surface area contributed by atoms with Crippen LogP contribution in [-0.4, -0.2) is 36.6 Å². The van der Waals surface area contributed by atoms with Gasteiger partial charge in [0.15, 0.2) is 0 Å². The van der Waals surface area contributed by atoms with E-state index in [9.17, 15) is 18.0 Å². The molecular weight excluding hydrogens is 492 g/mol. The lowest BCUT2D eigenvalue weighted by molar-refractivity contribution is 0.144. The third-order valence-corrected chi connectivity index (χ3v) is 7.88. The van der Waals surface area contributed by atoms with Crippen molar-refractivity contribution in [1.29, 1.82) is 0 Å². The second-order valence-electron chi connectivity index (χ2n) is 8.37. The van der Waals surface area contributed by atoms with E-state index in [4.69, 9.17) is 5.11 Å². The van der Waals surface area contributed by atoms with Crippen LogP contribution in [0.1, 0.15) is 11.6 Å². The zero-order valence-corrected chi connectivity index (χ0v) is 20.3. The molecule has 0 aliphatic carbocycles. The van der Waals surface area contributed by atoms with Crippen LogP contribution in [0.3, 0.4) is 0 Å². The Balaban J connectivity index is 1.47. The first kappa shape index (κ1) is 24.1. The molecule has 0 radical (unpaired) electrons. The summed E-state index contributed by atoms with van der Waals surface area (Å²) in [6, 6.07) is 29.9. The Morgan fingerprint density at radius 3 is 1.89 bits per heavy atom. The van der Waals surface area contributed by atoms with Gasteiger partial charge in [0.2, 0.25) is 0 Å². The lowest BCUT2D eigenvalue weighted by Crippen LogP contribution is -2.36. The van der Waals surface area contributed by atoms with E-state index in [0.29, 0.717) is 5.69 Å². The number of carbonyl (C=O) groups excluding carboxylic acids is 1. The standard InChI is InChI=1S/C28H22N2O6S/c31-27-29(37(34,35)25-9-5-2-6-10-25)19-26(30(27)23-7-3-1-4-8-23)22-13-11-20(12-14-22)21-15-17-24(18-16-21)36-28(32)33/h1-18,26H,19H2,(H,32,33). The molecule has 1 aliphatic rings. The van der Waals surface area contributed by atoms with E-state index in [2.05, 4.69) is 4.74 Å². The molecule has 0 bridgehead atoms. The number of ether oxygens (including phenoxy) is 1. The molecule has 2 amide bonds. The summed E-state index contributed by atoms with van der Waals surface area (Å²) in [5.41, 5.74) is 3.09. The van der Waals surface area contributed by atoms with Gasteiger partial charge in [0.1, 0.15) is 5.75 Å². The first-order valence-corrected chi connectivity index (χ1v) is 12.9. The first-order valence-electron chi connectivity index (χ1n) is 11.4. The second kappa shape index (κ2) is 9.79. The number of urea groups is 1. The molecule has 5 rings (SSSR count). The molecule has 0 aromatic heterocycles. The molecular formula is C28H22N2O6S. The highest BCUT2D eigenvalue weighted by Gasteiger charge is 2.45. The van der Waals surface area contributed by atoms with Crippen molar-refractivity contribution in [3.8, 4) is 16.9 Å². The van der Waals surface area contributed by atoms with Gasteiger partial charge in [-0.2, -0.15) is 0 Å². The van der Waals surface area contributed by atoms with Crippen molar-refractivity contribution in [2.45, 2.75) is 10.9 Å². The lowest BCUT2D eigenvalue weighted by atomic mass is 10.00. The summed E-state index contributed by atoms with van der Waals surface area (Å²) < 4.78 is 32.3. The quantitative estimate of drug-likeness (QED) is 0.258. The fraction of sp³-hybridized carbons (Fsp3) is 0.0714. The van der Waals surface area contributed by atoms with E-state index in [1.165, 1.54) is 17.0 Å². The number of hydrogen-bond donors (Lipinski definition) is 1. The fourth-order valence-corrected chi connectivity index (χ4v) is 5.72. The Morgan fingerprint density at radius 2 is 1.32 bits per heavy atom. The minimum atomic E-state index is -4.05. The average Bonchev–Trinajstić information content (AvgIpc) is 3.27. The second-order valence-corrected chi connectivity index (χ2v) is 10.2. The summed E-state index contributed by atoms with van der Waals surface area (Å²) in [5.74, 6) is 0.218. The van der Waals surface area contributed by atoms with Crippen molar-refractivity contribution < 1.29 is 27.9 Å². The molecule has 1 N–H and O–H groups in total. The smallest absolute Gasteiger partial charge is 0.449 e. The summed E-state index contributed by atoms with van der Waals surface area (Å²) in [6.07, 6.45) is -1.38. The Morgan fingerprint density at radius 1 is 0.784 bits per heavy atom. The highest BCUT2D eigenvalue weighted by molar-refractivity contribution is 7.89. The van der Waals surface area contributed by atoms with Gasteiger partial charge in [-0.25, -0.2) is 22.3 Å². The molecule has 1 aliphatic heterocycles. The van der Waals surface area contributed by atoms with E-state index in [1.54, 1.807) is 66.7 Å².